The predicted molar refractivity (Wildman–Crippen MR) is 56.9 cm³/mol. The van der Waals surface area contributed by atoms with Crippen LogP contribution in [-0.4, -0.2) is 30.9 Å². The van der Waals surface area contributed by atoms with Gasteiger partial charge in [-0.1, -0.05) is 18.7 Å². The van der Waals surface area contributed by atoms with Gasteiger partial charge in [0.15, 0.2) is 5.03 Å². The van der Waals surface area contributed by atoms with Gasteiger partial charge in [-0.2, -0.15) is 0 Å². The van der Waals surface area contributed by atoms with Crippen molar-refractivity contribution >= 4 is 17.6 Å². The molecule has 1 aromatic rings. The smallest absolute Gasteiger partial charge is 0.392 e. The second-order valence-corrected chi connectivity index (χ2v) is 4.67. The monoisotopic (exact) mass is 231 g/mol. The fraction of sp³-hybridized carbons (Fsp3) is 0.625. The third-order valence-corrected chi connectivity index (χ3v) is 3.47. The topological polar surface area (TPSA) is 81.2 Å². The molecule has 0 amide bonds. The molecule has 0 bridgehead atoms. The number of imidazole rings is 1. The summed E-state index contributed by atoms with van der Waals surface area (Å²) in [6.45, 7) is 3.46. The van der Waals surface area contributed by atoms with E-state index in [4.69, 9.17) is 0 Å². The summed E-state index contributed by atoms with van der Waals surface area (Å²) >= 11 is 1.25. The third kappa shape index (κ3) is 2.69. The zero-order chi connectivity index (χ0) is 11.6. The van der Waals surface area contributed by atoms with Gasteiger partial charge < -0.3 is 19.8 Å². The molecule has 0 spiro atoms. The minimum Gasteiger partial charge on any atom is -0.392 e. The first-order valence-electron chi connectivity index (χ1n) is 4.44. The Hall–Kier alpha value is -1.08. The average molecular weight is 231 g/mol. The average Bonchev–Trinajstić information content (AvgIpc) is 2.48. The molecular weight excluding hydrogens is 218 g/mol. The molecule has 0 saturated heterocycles. The Labute approximate surface area is 91.5 Å². The minimum atomic E-state index is -0.524. The van der Waals surface area contributed by atoms with Gasteiger partial charge in [0, 0.05) is 12.3 Å². The van der Waals surface area contributed by atoms with Gasteiger partial charge >= 0.3 is 5.82 Å². The molecule has 2 atom stereocenters. The number of aliphatic hydroxyl groups excluding tert-OH is 1. The fourth-order valence-corrected chi connectivity index (χ4v) is 1.94. The summed E-state index contributed by atoms with van der Waals surface area (Å²) in [6.07, 6.45) is 0.874. The minimum absolute atomic E-state index is 0.112. The molecule has 1 N–H and O–H groups in total. The van der Waals surface area contributed by atoms with Crippen LogP contribution in [0.15, 0.2) is 11.4 Å². The molecule has 0 aliphatic carbocycles. The van der Waals surface area contributed by atoms with Gasteiger partial charge in [0.05, 0.1) is 6.10 Å². The molecule has 0 fully saturated rings. The maximum absolute atomic E-state index is 10.6. The van der Waals surface area contributed by atoms with E-state index in [1.54, 1.807) is 18.5 Å². The number of aromatic nitrogens is 2. The number of nitrogens with zero attached hydrogens (tertiary/aromatic N) is 3. The van der Waals surface area contributed by atoms with Gasteiger partial charge in [0.1, 0.15) is 0 Å². The summed E-state index contributed by atoms with van der Waals surface area (Å²) in [5.41, 5.74) is 0. The van der Waals surface area contributed by atoms with E-state index in [0.717, 1.165) is 0 Å². The molecule has 0 radical (unpaired) electrons. The second kappa shape index (κ2) is 4.63. The molecule has 6 nitrogen and oxygen atoms in total. The van der Waals surface area contributed by atoms with Crippen LogP contribution in [0.5, 0.6) is 0 Å². The van der Waals surface area contributed by atoms with E-state index >= 15 is 0 Å². The molecule has 1 aromatic heterocycles. The van der Waals surface area contributed by atoms with E-state index in [1.807, 2.05) is 6.92 Å². The van der Waals surface area contributed by atoms with Crippen LogP contribution in [-0.2, 0) is 7.05 Å². The summed E-state index contributed by atoms with van der Waals surface area (Å²) in [6, 6.07) is 0. The molecule has 0 aromatic carbocycles. The van der Waals surface area contributed by atoms with E-state index in [-0.39, 0.29) is 11.1 Å². The van der Waals surface area contributed by atoms with E-state index in [0.29, 0.717) is 5.03 Å². The molecular formula is C8H13N3O3S. The quantitative estimate of drug-likeness (QED) is 0.478. The van der Waals surface area contributed by atoms with Crippen molar-refractivity contribution in [3.05, 3.63) is 16.4 Å². The number of aliphatic hydroxyl groups is 1. The standard InChI is InChI=1S/C8H13N3O3S/c1-5(12)6(2)15-8-7(11(13)14)9-4-10(8)3/h4-6,12H,1-3H3. The van der Waals surface area contributed by atoms with Crippen molar-refractivity contribution in [2.24, 2.45) is 7.05 Å². The Morgan fingerprint density at radius 2 is 2.27 bits per heavy atom. The van der Waals surface area contributed by atoms with E-state index in [9.17, 15) is 15.2 Å². The van der Waals surface area contributed by atoms with Crippen molar-refractivity contribution in [2.75, 3.05) is 0 Å². The summed E-state index contributed by atoms with van der Waals surface area (Å²) < 4.78 is 1.58. The molecule has 7 heteroatoms. The first-order chi connectivity index (χ1) is 6.93. The van der Waals surface area contributed by atoms with Crippen LogP contribution in [0.1, 0.15) is 13.8 Å². The normalized spacial score (nSPS) is 14.9. The lowest BCUT2D eigenvalue weighted by atomic mass is 10.3. The number of hydrogen-bond acceptors (Lipinski definition) is 5. The highest BCUT2D eigenvalue weighted by Crippen LogP contribution is 2.31. The maximum Gasteiger partial charge on any atom is 0.395 e. The van der Waals surface area contributed by atoms with Gasteiger partial charge in [0.25, 0.3) is 0 Å². The lowest BCUT2D eigenvalue weighted by Gasteiger charge is -2.13. The SMILES string of the molecule is CC(O)C(C)Sc1c([N+](=O)[O-])ncn1C. The summed E-state index contributed by atoms with van der Waals surface area (Å²) in [5.74, 6) is -0.157. The fourth-order valence-electron chi connectivity index (χ4n) is 0.942. The number of rotatable bonds is 4. The van der Waals surface area contributed by atoms with Crippen LogP contribution in [0.25, 0.3) is 0 Å². The Morgan fingerprint density at radius 3 is 2.73 bits per heavy atom. The Morgan fingerprint density at radius 1 is 1.67 bits per heavy atom. The first-order valence-corrected chi connectivity index (χ1v) is 5.32. The molecule has 15 heavy (non-hydrogen) atoms. The van der Waals surface area contributed by atoms with Crippen molar-refractivity contribution in [2.45, 2.75) is 30.2 Å². The highest BCUT2D eigenvalue weighted by molar-refractivity contribution is 8.00. The van der Waals surface area contributed by atoms with Crippen LogP contribution in [0, 0.1) is 10.1 Å². The molecule has 0 aliphatic heterocycles. The van der Waals surface area contributed by atoms with Gasteiger partial charge in [0.2, 0.25) is 6.33 Å². The zero-order valence-electron chi connectivity index (χ0n) is 8.75. The molecule has 0 saturated carbocycles. The van der Waals surface area contributed by atoms with Gasteiger partial charge in [-0.3, -0.25) is 0 Å². The molecule has 0 aliphatic rings. The van der Waals surface area contributed by atoms with E-state index in [1.165, 1.54) is 18.1 Å². The van der Waals surface area contributed by atoms with Gasteiger partial charge in [-0.25, -0.2) is 0 Å². The van der Waals surface area contributed by atoms with Crippen molar-refractivity contribution in [3.8, 4) is 0 Å². The second-order valence-electron chi connectivity index (χ2n) is 3.30. The number of hydrogen-bond donors (Lipinski definition) is 1. The van der Waals surface area contributed by atoms with Crippen LogP contribution in [0.3, 0.4) is 0 Å². The zero-order valence-corrected chi connectivity index (χ0v) is 9.56. The van der Waals surface area contributed by atoms with Crippen molar-refractivity contribution in [1.82, 2.24) is 9.55 Å². The van der Waals surface area contributed by atoms with Gasteiger partial charge in [-0.15, -0.1) is 0 Å². The van der Waals surface area contributed by atoms with Crippen molar-refractivity contribution in [3.63, 3.8) is 0 Å². The van der Waals surface area contributed by atoms with Crippen LogP contribution in [0.4, 0.5) is 5.82 Å². The molecule has 2 unspecified atom stereocenters. The van der Waals surface area contributed by atoms with Crippen LogP contribution >= 0.6 is 11.8 Å². The van der Waals surface area contributed by atoms with Crippen molar-refractivity contribution in [1.29, 1.82) is 0 Å². The maximum atomic E-state index is 10.6. The van der Waals surface area contributed by atoms with Gasteiger partial charge in [-0.05, 0) is 16.8 Å². The Bertz CT molecular complexity index is 364. The highest BCUT2D eigenvalue weighted by atomic mass is 32.2. The van der Waals surface area contributed by atoms with Crippen molar-refractivity contribution < 1.29 is 10.0 Å². The van der Waals surface area contributed by atoms with Crippen LogP contribution < -0.4 is 0 Å². The molecule has 1 heterocycles. The Balaban J connectivity index is 2.92. The Kier molecular flexibility index (Phi) is 3.70. The lowest BCUT2D eigenvalue weighted by molar-refractivity contribution is -0.392. The lowest BCUT2D eigenvalue weighted by Crippen LogP contribution is -2.15. The number of thioether (sulfide) groups is 1. The highest BCUT2D eigenvalue weighted by Gasteiger charge is 2.23. The summed E-state index contributed by atoms with van der Waals surface area (Å²) in [5, 5.41) is 20.3. The van der Waals surface area contributed by atoms with E-state index < -0.39 is 11.0 Å². The van der Waals surface area contributed by atoms with E-state index in [2.05, 4.69) is 4.98 Å². The third-order valence-electron chi connectivity index (χ3n) is 2.01. The summed E-state index contributed by atoms with van der Waals surface area (Å²) in [4.78, 5) is 13.8. The molecule has 84 valence electrons. The predicted octanol–water partition coefficient (Wildman–Crippen LogP) is 1.19. The first kappa shape index (κ1) is 12.0. The summed E-state index contributed by atoms with van der Waals surface area (Å²) in [7, 11) is 1.69. The van der Waals surface area contributed by atoms with Crippen LogP contribution in [0.2, 0.25) is 0 Å². The number of aryl methyl sites for hydroxylation is 1. The largest absolute Gasteiger partial charge is 0.395 e. The molecule has 1 rings (SSSR count). The number of nitro groups is 1.